The SMILES string of the molecule is FC(F)(F)c1ncccc1-c1cncnc1. The van der Waals surface area contributed by atoms with Crippen LogP contribution in [0.1, 0.15) is 5.69 Å². The molecule has 82 valence electrons. The van der Waals surface area contributed by atoms with Crippen LogP contribution in [0.15, 0.2) is 37.1 Å². The molecule has 0 aliphatic heterocycles. The second kappa shape index (κ2) is 3.88. The number of hydrogen-bond acceptors (Lipinski definition) is 3. The van der Waals surface area contributed by atoms with Gasteiger partial charge in [-0.1, -0.05) is 6.07 Å². The molecule has 0 saturated carbocycles. The number of hydrogen-bond donors (Lipinski definition) is 0. The Balaban J connectivity index is 2.58. The zero-order valence-corrected chi connectivity index (χ0v) is 7.94. The van der Waals surface area contributed by atoms with Gasteiger partial charge >= 0.3 is 6.18 Å². The Morgan fingerprint density at radius 3 is 2.38 bits per heavy atom. The lowest BCUT2D eigenvalue weighted by molar-refractivity contribution is -0.140. The summed E-state index contributed by atoms with van der Waals surface area (Å²) in [4.78, 5) is 10.7. The summed E-state index contributed by atoms with van der Waals surface area (Å²) in [5.41, 5.74) is -0.650. The third kappa shape index (κ3) is 2.00. The van der Waals surface area contributed by atoms with E-state index in [0.717, 1.165) is 6.20 Å². The molecule has 0 saturated heterocycles. The van der Waals surface area contributed by atoms with E-state index in [1.165, 1.54) is 30.9 Å². The lowest BCUT2D eigenvalue weighted by Crippen LogP contribution is -2.09. The maximum Gasteiger partial charge on any atom is 0.433 e. The fourth-order valence-corrected chi connectivity index (χ4v) is 1.30. The molecule has 0 spiro atoms. The molecule has 0 amide bonds. The van der Waals surface area contributed by atoms with Crippen molar-refractivity contribution >= 4 is 0 Å². The standard InChI is InChI=1S/C10H6F3N3/c11-10(12,13)9-8(2-1-3-16-9)7-4-14-6-15-5-7/h1-6H. The maximum atomic E-state index is 12.6. The first-order valence-corrected chi connectivity index (χ1v) is 4.36. The number of rotatable bonds is 1. The summed E-state index contributed by atoms with van der Waals surface area (Å²) in [5, 5.41) is 0. The summed E-state index contributed by atoms with van der Waals surface area (Å²) in [6, 6.07) is 2.78. The molecule has 0 aliphatic rings. The van der Waals surface area contributed by atoms with Crippen LogP contribution in [0.2, 0.25) is 0 Å². The first-order chi connectivity index (χ1) is 7.59. The average molecular weight is 225 g/mol. The lowest BCUT2D eigenvalue weighted by atomic mass is 10.1. The molecule has 6 heteroatoms. The number of halogens is 3. The van der Waals surface area contributed by atoms with E-state index in [1.807, 2.05) is 0 Å². The lowest BCUT2D eigenvalue weighted by Gasteiger charge is -2.10. The van der Waals surface area contributed by atoms with E-state index in [0.29, 0.717) is 5.56 Å². The zero-order chi connectivity index (χ0) is 11.6. The highest BCUT2D eigenvalue weighted by Gasteiger charge is 2.35. The molecule has 0 radical (unpaired) electrons. The monoisotopic (exact) mass is 225 g/mol. The number of alkyl halides is 3. The minimum absolute atomic E-state index is 0.0180. The maximum absolute atomic E-state index is 12.6. The largest absolute Gasteiger partial charge is 0.433 e. The van der Waals surface area contributed by atoms with Gasteiger partial charge in [0.15, 0.2) is 5.69 Å². The first-order valence-electron chi connectivity index (χ1n) is 4.36. The van der Waals surface area contributed by atoms with Crippen molar-refractivity contribution in [2.45, 2.75) is 6.18 Å². The van der Waals surface area contributed by atoms with Crippen LogP contribution in [0.4, 0.5) is 13.2 Å². The zero-order valence-electron chi connectivity index (χ0n) is 7.94. The predicted octanol–water partition coefficient (Wildman–Crippen LogP) is 2.56. The quantitative estimate of drug-likeness (QED) is 0.748. The van der Waals surface area contributed by atoms with Gasteiger partial charge in [-0.3, -0.25) is 4.98 Å². The van der Waals surface area contributed by atoms with Crippen LogP contribution in [0, 0.1) is 0 Å². The van der Waals surface area contributed by atoms with Crippen molar-refractivity contribution in [3.8, 4) is 11.1 Å². The van der Waals surface area contributed by atoms with Crippen molar-refractivity contribution in [2.24, 2.45) is 0 Å². The second-order valence-corrected chi connectivity index (χ2v) is 3.02. The minimum atomic E-state index is -4.48. The highest BCUT2D eigenvalue weighted by molar-refractivity contribution is 5.64. The van der Waals surface area contributed by atoms with E-state index in [4.69, 9.17) is 0 Å². The normalized spacial score (nSPS) is 11.4. The van der Waals surface area contributed by atoms with Crippen molar-refractivity contribution in [1.29, 1.82) is 0 Å². The van der Waals surface area contributed by atoms with Gasteiger partial charge in [0.1, 0.15) is 6.33 Å². The van der Waals surface area contributed by atoms with Gasteiger partial charge in [0, 0.05) is 29.7 Å². The van der Waals surface area contributed by atoms with Gasteiger partial charge in [-0.05, 0) is 6.07 Å². The minimum Gasteiger partial charge on any atom is -0.251 e. The summed E-state index contributed by atoms with van der Waals surface area (Å²) in [6.45, 7) is 0. The van der Waals surface area contributed by atoms with Gasteiger partial charge in [0.05, 0.1) is 0 Å². The molecule has 0 bridgehead atoms. The molecule has 0 atom stereocenters. The third-order valence-corrected chi connectivity index (χ3v) is 1.95. The molecule has 0 unspecified atom stereocenters. The molecule has 0 N–H and O–H groups in total. The van der Waals surface area contributed by atoms with E-state index in [-0.39, 0.29) is 5.56 Å². The Labute approximate surface area is 89.0 Å². The number of pyridine rings is 1. The Morgan fingerprint density at radius 1 is 1.06 bits per heavy atom. The second-order valence-electron chi connectivity index (χ2n) is 3.02. The molecule has 3 nitrogen and oxygen atoms in total. The topological polar surface area (TPSA) is 38.7 Å². The molecule has 0 fully saturated rings. The van der Waals surface area contributed by atoms with E-state index in [1.54, 1.807) is 0 Å². The van der Waals surface area contributed by atoms with E-state index in [2.05, 4.69) is 15.0 Å². The summed E-state index contributed by atoms with van der Waals surface area (Å²) >= 11 is 0. The Morgan fingerprint density at radius 2 is 1.75 bits per heavy atom. The van der Waals surface area contributed by atoms with Crippen LogP contribution < -0.4 is 0 Å². The van der Waals surface area contributed by atoms with Crippen LogP contribution in [0.25, 0.3) is 11.1 Å². The van der Waals surface area contributed by atoms with Crippen LogP contribution in [0.5, 0.6) is 0 Å². The molecule has 16 heavy (non-hydrogen) atoms. The van der Waals surface area contributed by atoms with Crippen LogP contribution in [0.3, 0.4) is 0 Å². The van der Waals surface area contributed by atoms with E-state index >= 15 is 0 Å². The van der Waals surface area contributed by atoms with Crippen molar-refractivity contribution in [3.63, 3.8) is 0 Å². The van der Waals surface area contributed by atoms with Gasteiger partial charge in [-0.2, -0.15) is 13.2 Å². The fourth-order valence-electron chi connectivity index (χ4n) is 1.30. The third-order valence-electron chi connectivity index (χ3n) is 1.95. The van der Waals surface area contributed by atoms with Gasteiger partial charge in [0.25, 0.3) is 0 Å². The first kappa shape index (κ1) is 10.5. The smallest absolute Gasteiger partial charge is 0.251 e. The average Bonchev–Trinajstić information content (AvgIpc) is 2.29. The van der Waals surface area contributed by atoms with Crippen molar-refractivity contribution in [1.82, 2.24) is 15.0 Å². The van der Waals surface area contributed by atoms with Crippen LogP contribution >= 0.6 is 0 Å². The molecular weight excluding hydrogens is 219 g/mol. The van der Waals surface area contributed by atoms with Crippen LogP contribution in [-0.4, -0.2) is 15.0 Å². The molecule has 0 aromatic carbocycles. The summed E-state index contributed by atoms with van der Waals surface area (Å²) in [5.74, 6) is 0. The number of nitrogens with zero attached hydrogens (tertiary/aromatic N) is 3. The highest BCUT2D eigenvalue weighted by atomic mass is 19.4. The van der Waals surface area contributed by atoms with Crippen molar-refractivity contribution in [3.05, 3.63) is 42.7 Å². The molecule has 2 heterocycles. The highest BCUT2D eigenvalue weighted by Crippen LogP contribution is 2.34. The van der Waals surface area contributed by atoms with Crippen molar-refractivity contribution in [2.75, 3.05) is 0 Å². The summed E-state index contributed by atoms with van der Waals surface area (Å²) < 4.78 is 37.9. The Bertz CT molecular complexity index is 482. The number of aromatic nitrogens is 3. The summed E-state index contributed by atoms with van der Waals surface area (Å²) in [6.07, 6.45) is 0.522. The van der Waals surface area contributed by atoms with E-state index in [9.17, 15) is 13.2 Å². The van der Waals surface area contributed by atoms with Gasteiger partial charge in [-0.25, -0.2) is 9.97 Å². The van der Waals surface area contributed by atoms with Crippen LogP contribution in [-0.2, 0) is 6.18 Å². The Kier molecular flexibility index (Phi) is 2.55. The molecule has 2 rings (SSSR count). The predicted molar refractivity (Wildman–Crippen MR) is 50.3 cm³/mol. The fraction of sp³-hybridized carbons (Fsp3) is 0.100. The summed E-state index contributed by atoms with van der Waals surface area (Å²) in [7, 11) is 0. The van der Waals surface area contributed by atoms with Gasteiger partial charge in [-0.15, -0.1) is 0 Å². The molecule has 2 aromatic heterocycles. The van der Waals surface area contributed by atoms with Crippen molar-refractivity contribution < 1.29 is 13.2 Å². The molecule has 0 aliphatic carbocycles. The Hall–Kier alpha value is -1.98. The molecule has 2 aromatic rings. The molecular formula is C10H6F3N3. The van der Waals surface area contributed by atoms with Gasteiger partial charge < -0.3 is 0 Å². The van der Waals surface area contributed by atoms with E-state index < -0.39 is 11.9 Å². The van der Waals surface area contributed by atoms with Gasteiger partial charge in [0.2, 0.25) is 0 Å².